The van der Waals surface area contributed by atoms with Crippen molar-refractivity contribution in [2.24, 2.45) is 0 Å². The molecule has 1 amide bonds. The Morgan fingerprint density at radius 3 is 3.04 bits per heavy atom. The van der Waals surface area contributed by atoms with Crippen molar-refractivity contribution < 1.29 is 18.8 Å². The van der Waals surface area contributed by atoms with Gasteiger partial charge in [-0.2, -0.15) is 4.98 Å². The van der Waals surface area contributed by atoms with Gasteiger partial charge in [-0.3, -0.25) is 4.79 Å². The minimum absolute atomic E-state index is 0.0939. The summed E-state index contributed by atoms with van der Waals surface area (Å²) in [5.41, 5.74) is 0. The van der Waals surface area contributed by atoms with Gasteiger partial charge in [0.1, 0.15) is 11.9 Å². The number of amides is 1. The van der Waals surface area contributed by atoms with Gasteiger partial charge in [0.2, 0.25) is 17.6 Å². The van der Waals surface area contributed by atoms with Crippen molar-refractivity contribution in [3.8, 4) is 10.7 Å². The highest BCUT2D eigenvalue weighted by Crippen LogP contribution is 2.21. The lowest BCUT2D eigenvalue weighted by Gasteiger charge is -2.08. The number of aromatic nitrogens is 2. The molecule has 23 heavy (non-hydrogen) atoms. The van der Waals surface area contributed by atoms with Gasteiger partial charge in [-0.15, -0.1) is 11.3 Å². The van der Waals surface area contributed by atoms with Crippen LogP contribution in [-0.2, 0) is 11.2 Å². The van der Waals surface area contributed by atoms with Crippen molar-refractivity contribution >= 4 is 17.2 Å². The maximum atomic E-state index is 11.8. The van der Waals surface area contributed by atoms with E-state index in [0.717, 1.165) is 4.88 Å². The van der Waals surface area contributed by atoms with Crippen LogP contribution in [0.2, 0.25) is 0 Å². The molecule has 120 valence electrons. The van der Waals surface area contributed by atoms with Gasteiger partial charge >= 0.3 is 0 Å². The fourth-order valence-corrected chi connectivity index (χ4v) is 2.61. The van der Waals surface area contributed by atoms with Gasteiger partial charge in [-0.25, -0.2) is 0 Å². The maximum Gasteiger partial charge on any atom is 0.227 e. The molecule has 0 fully saturated rings. The molecule has 3 aromatic heterocycles. The molecule has 0 saturated carbocycles. The van der Waals surface area contributed by atoms with E-state index in [-0.39, 0.29) is 18.9 Å². The van der Waals surface area contributed by atoms with Gasteiger partial charge in [0.25, 0.3) is 0 Å². The van der Waals surface area contributed by atoms with Gasteiger partial charge in [0.15, 0.2) is 0 Å². The zero-order chi connectivity index (χ0) is 16.1. The van der Waals surface area contributed by atoms with E-state index in [1.54, 1.807) is 12.1 Å². The van der Waals surface area contributed by atoms with Gasteiger partial charge in [0, 0.05) is 12.8 Å². The Hall–Kier alpha value is -2.45. The molecule has 7 nitrogen and oxygen atoms in total. The number of hydrogen-bond acceptors (Lipinski definition) is 7. The Morgan fingerprint density at radius 2 is 2.30 bits per heavy atom. The zero-order valence-corrected chi connectivity index (χ0v) is 13.0. The van der Waals surface area contributed by atoms with Crippen LogP contribution in [-0.4, -0.2) is 27.7 Å². The second-order valence-electron chi connectivity index (χ2n) is 4.82. The summed E-state index contributed by atoms with van der Waals surface area (Å²) < 4.78 is 10.2. The second-order valence-corrected chi connectivity index (χ2v) is 5.77. The molecule has 0 aromatic carbocycles. The number of nitrogens with zero attached hydrogens (tertiary/aromatic N) is 2. The molecule has 0 radical (unpaired) electrons. The maximum absolute atomic E-state index is 11.8. The molecule has 0 aliphatic carbocycles. The lowest BCUT2D eigenvalue weighted by atomic mass is 10.2. The van der Waals surface area contributed by atoms with E-state index in [4.69, 9.17) is 8.94 Å². The summed E-state index contributed by atoms with van der Waals surface area (Å²) in [7, 11) is 0. The molecule has 2 N–H and O–H groups in total. The van der Waals surface area contributed by atoms with Crippen molar-refractivity contribution in [2.45, 2.75) is 18.9 Å². The van der Waals surface area contributed by atoms with Crippen molar-refractivity contribution in [2.75, 3.05) is 6.54 Å². The molecular weight excluding hydrogens is 318 g/mol. The molecule has 0 bridgehead atoms. The minimum atomic E-state index is -0.859. The highest BCUT2D eigenvalue weighted by molar-refractivity contribution is 7.13. The third-order valence-electron chi connectivity index (χ3n) is 3.14. The van der Waals surface area contributed by atoms with Crippen LogP contribution in [0.3, 0.4) is 0 Å². The molecule has 3 heterocycles. The number of carbonyl (C=O) groups excluding carboxylic acids is 1. The molecule has 3 rings (SSSR count). The minimum Gasteiger partial charge on any atom is -0.467 e. The van der Waals surface area contributed by atoms with E-state index >= 15 is 0 Å². The van der Waals surface area contributed by atoms with E-state index in [0.29, 0.717) is 23.9 Å². The first-order chi connectivity index (χ1) is 11.2. The Bertz CT molecular complexity index is 737. The number of nitrogens with one attached hydrogen (secondary N) is 1. The van der Waals surface area contributed by atoms with Crippen LogP contribution >= 0.6 is 11.3 Å². The fourth-order valence-electron chi connectivity index (χ4n) is 1.96. The van der Waals surface area contributed by atoms with Crippen LogP contribution in [0.15, 0.2) is 44.8 Å². The number of aliphatic hydroxyl groups excluding tert-OH is 1. The molecule has 3 aromatic rings. The third kappa shape index (κ3) is 4.05. The number of hydrogen-bond donors (Lipinski definition) is 2. The summed E-state index contributed by atoms with van der Waals surface area (Å²) in [6.45, 7) is 0.0939. The Labute approximate surface area is 135 Å². The Balaban J connectivity index is 1.44. The predicted octanol–water partition coefficient (Wildman–Crippen LogP) is 2.17. The van der Waals surface area contributed by atoms with Gasteiger partial charge in [-0.05, 0) is 23.6 Å². The number of furan rings is 1. The Morgan fingerprint density at radius 1 is 1.39 bits per heavy atom. The van der Waals surface area contributed by atoms with E-state index in [9.17, 15) is 9.90 Å². The highest BCUT2D eigenvalue weighted by Gasteiger charge is 2.14. The first-order valence-corrected chi connectivity index (χ1v) is 7.95. The van der Waals surface area contributed by atoms with Gasteiger partial charge in [0.05, 0.1) is 17.7 Å². The van der Waals surface area contributed by atoms with E-state index in [1.807, 2.05) is 17.5 Å². The average Bonchev–Trinajstić information content (AvgIpc) is 3.32. The van der Waals surface area contributed by atoms with Gasteiger partial charge < -0.3 is 19.4 Å². The zero-order valence-electron chi connectivity index (χ0n) is 12.1. The molecule has 0 saturated heterocycles. The predicted molar refractivity (Wildman–Crippen MR) is 82.6 cm³/mol. The SMILES string of the molecule is O=C(CCc1nc(-c2cccs2)no1)NCC(O)c1ccco1. The highest BCUT2D eigenvalue weighted by atomic mass is 32.1. The lowest BCUT2D eigenvalue weighted by molar-refractivity contribution is -0.121. The largest absolute Gasteiger partial charge is 0.467 e. The van der Waals surface area contributed by atoms with Crippen LogP contribution < -0.4 is 5.32 Å². The van der Waals surface area contributed by atoms with Crippen LogP contribution in [0.4, 0.5) is 0 Å². The summed E-state index contributed by atoms with van der Waals surface area (Å²) in [5, 5.41) is 18.3. The molecule has 1 atom stereocenters. The monoisotopic (exact) mass is 333 g/mol. The first-order valence-electron chi connectivity index (χ1n) is 7.07. The molecule has 0 spiro atoms. The third-order valence-corrected chi connectivity index (χ3v) is 4.01. The summed E-state index contributed by atoms with van der Waals surface area (Å²) in [6, 6.07) is 7.15. The smallest absolute Gasteiger partial charge is 0.227 e. The van der Waals surface area contributed by atoms with Crippen molar-refractivity contribution in [1.29, 1.82) is 0 Å². The molecule has 0 aliphatic heterocycles. The number of carbonyl (C=O) groups is 1. The molecule has 8 heteroatoms. The summed E-state index contributed by atoms with van der Waals surface area (Å²) in [4.78, 5) is 17.0. The van der Waals surface area contributed by atoms with Crippen LogP contribution in [0, 0.1) is 0 Å². The van der Waals surface area contributed by atoms with Crippen molar-refractivity contribution in [3.63, 3.8) is 0 Å². The molecule has 0 aliphatic rings. The topological polar surface area (TPSA) is 101 Å². The van der Waals surface area contributed by atoms with Crippen LogP contribution in [0.25, 0.3) is 10.7 Å². The average molecular weight is 333 g/mol. The number of aryl methyl sites for hydroxylation is 1. The Kier molecular flexibility index (Phi) is 4.84. The first kappa shape index (κ1) is 15.4. The van der Waals surface area contributed by atoms with Crippen LogP contribution in [0.1, 0.15) is 24.2 Å². The summed E-state index contributed by atoms with van der Waals surface area (Å²) >= 11 is 1.52. The normalized spacial score (nSPS) is 12.2. The number of thiophene rings is 1. The second kappa shape index (κ2) is 7.21. The van der Waals surface area contributed by atoms with E-state index in [2.05, 4.69) is 15.5 Å². The fraction of sp³-hybridized carbons (Fsp3) is 0.267. The number of aliphatic hydroxyl groups is 1. The van der Waals surface area contributed by atoms with Crippen molar-refractivity contribution in [1.82, 2.24) is 15.5 Å². The quantitative estimate of drug-likeness (QED) is 0.687. The summed E-state index contributed by atoms with van der Waals surface area (Å²) in [6.07, 6.45) is 1.17. The standard InChI is InChI=1S/C15H15N3O4S/c19-10(11-3-1-7-21-11)9-16-13(20)5-6-14-17-15(18-22-14)12-4-2-8-23-12/h1-4,7-8,10,19H,5-6,9H2,(H,16,20). The van der Waals surface area contributed by atoms with E-state index in [1.165, 1.54) is 17.6 Å². The van der Waals surface area contributed by atoms with Crippen LogP contribution in [0.5, 0.6) is 0 Å². The lowest BCUT2D eigenvalue weighted by Crippen LogP contribution is -2.28. The molecule has 1 unspecified atom stereocenters. The molecular formula is C15H15N3O4S. The summed E-state index contributed by atoms with van der Waals surface area (Å²) in [5.74, 6) is 1.16. The van der Waals surface area contributed by atoms with Crippen molar-refractivity contribution in [3.05, 3.63) is 47.6 Å². The number of rotatable bonds is 7. The van der Waals surface area contributed by atoms with E-state index < -0.39 is 6.10 Å². The van der Waals surface area contributed by atoms with Gasteiger partial charge in [-0.1, -0.05) is 11.2 Å².